The van der Waals surface area contributed by atoms with E-state index < -0.39 is 0 Å². The van der Waals surface area contributed by atoms with Crippen molar-refractivity contribution in [2.75, 3.05) is 19.7 Å². The van der Waals surface area contributed by atoms with Crippen LogP contribution in [0.1, 0.15) is 37.3 Å². The first-order chi connectivity index (χ1) is 9.59. The molecule has 1 aliphatic rings. The van der Waals surface area contributed by atoms with Gasteiger partial charge in [0.2, 0.25) is 0 Å². The quantitative estimate of drug-likeness (QED) is 0.868. The maximum absolute atomic E-state index is 10.3. The molecule has 2 rings (SSSR count). The molecule has 1 heterocycles. The van der Waals surface area contributed by atoms with Gasteiger partial charge in [-0.2, -0.15) is 0 Å². The van der Waals surface area contributed by atoms with Gasteiger partial charge in [-0.15, -0.1) is 0 Å². The normalized spacial score (nSPS) is 27.7. The highest BCUT2D eigenvalue weighted by molar-refractivity contribution is 5.21. The van der Waals surface area contributed by atoms with Gasteiger partial charge in [-0.05, 0) is 25.3 Å². The summed E-state index contributed by atoms with van der Waals surface area (Å²) in [6.07, 6.45) is 2.26. The van der Waals surface area contributed by atoms with E-state index in [1.165, 1.54) is 11.1 Å². The SMILES string of the molecule is CCC[C@@]1(CO)CN(Cc2ccc(C)cc2)CC[C@@H]1O. The molecular weight excluding hydrogens is 250 g/mol. The van der Waals surface area contributed by atoms with E-state index in [1.54, 1.807) is 0 Å². The molecule has 20 heavy (non-hydrogen) atoms. The van der Waals surface area contributed by atoms with Crippen LogP contribution in [-0.4, -0.2) is 40.9 Å². The van der Waals surface area contributed by atoms with Crippen LogP contribution >= 0.6 is 0 Å². The Morgan fingerprint density at radius 2 is 2.00 bits per heavy atom. The van der Waals surface area contributed by atoms with E-state index in [4.69, 9.17) is 0 Å². The van der Waals surface area contributed by atoms with E-state index in [0.717, 1.165) is 38.9 Å². The Labute approximate surface area is 122 Å². The fourth-order valence-electron chi connectivity index (χ4n) is 3.31. The van der Waals surface area contributed by atoms with E-state index in [0.29, 0.717) is 0 Å². The number of aliphatic hydroxyl groups excluding tert-OH is 2. The number of nitrogens with zero attached hydrogens (tertiary/aromatic N) is 1. The zero-order chi connectivity index (χ0) is 14.6. The molecule has 0 radical (unpaired) electrons. The van der Waals surface area contributed by atoms with Crippen LogP contribution in [0.5, 0.6) is 0 Å². The third-order valence-corrected chi connectivity index (χ3v) is 4.55. The van der Waals surface area contributed by atoms with Gasteiger partial charge in [-0.3, -0.25) is 4.90 Å². The first-order valence-corrected chi connectivity index (χ1v) is 7.66. The lowest BCUT2D eigenvalue weighted by molar-refractivity contribution is -0.0819. The molecule has 1 aromatic carbocycles. The minimum Gasteiger partial charge on any atom is -0.396 e. The van der Waals surface area contributed by atoms with Gasteiger partial charge in [-0.1, -0.05) is 43.2 Å². The lowest BCUT2D eigenvalue weighted by atomic mass is 9.74. The van der Waals surface area contributed by atoms with E-state index in [9.17, 15) is 10.2 Å². The van der Waals surface area contributed by atoms with Crippen molar-refractivity contribution in [3.63, 3.8) is 0 Å². The van der Waals surface area contributed by atoms with Gasteiger partial charge in [0.25, 0.3) is 0 Å². The summed E-state index contributed by atoms with van der Waals surface area (Å²) < 4.78 is 0. The lowest BCUT2D eigenvalue weighted by Crippen LogP contribution is -2.53. The summed E-state index contributed by atoms with van der Waals surface area (Å²) in [5.41, 5.74) is 2.24. The van der Waals surface area contributed by atoms with Crippen LogP contribution in [0.25, 0.3) is 0 Å². The Kier molecular flexibility index (Phi) is 5.19. The largest absolute Gasteiger partial charge is 0.396 e. The van der Waals surface area contributed by atoms with Gasteiger partial charge in [0.1, 0.15) is 0 Å². The van der Waals surface area contributed by atoms with Crippen molar-refractivity contribution in [2.24, 2.45) is 5.41 Å². The van der Waals surface area contributed by atoms with E-state index in [-0.39, 0.29) is 18.1 Å². The van der Waals surface area contributed by atoms with Gasteiger partial charge in [0.05, 0.1) is 12.7 Å². The van der Waals surface area contributed by atoms with E-state index in [1.807, 2.05) is 0 Å². The molecule has 3 nitrogen and oxygen atoms in total. The fourth-order valence-corrected chi connectivity index (χ4v) is 3.31. The summed E-state index contributed by atoms with van der Waals surface area (Å²) in [7, 11) is 0. The minimum absolute atomic E-state index is 0.0758. The molecule has 0 unspecified atom stereocenters. The van der Waals surface area contributed by atoms with Crippen molar-refractivity contribution < 1.29 is 10.2 Å². The van der Waals surface area contributed by atoms with Crippen LogP contribution in [0.4, 0.5) is 0 Å². The van der Waals surface area contributed by atoms with Crippen LogP contribution < -0.4 is 0 Å². The van der Waals surface area contributed by atoms with Gasteiger partial charge >= 0.3 is 0 Å². The molecule has 0 aromatic heterocycles. The van der Waals surface area contributed by atoms with Crippen LogP contribution in [0.2, 0.25) is 0 Å². The highest BCUT2D eigenvalue weighted by atomic mass is 16.3. The number of rotatable bonds is 5. The molecule has 3 heteroatoms. The lowest BCUT2D eigenvalue weighted by Gasteiger charge is -2.45. The molecule has 1 saturated heterocycles. The van der Waals surface area contributed by atoms with Crippen LogP contribution in [0.3, 0.4) is 0 Å². The smallest absolute Gasteiger partial charge is 0.0642 e. The number of piperidine rings is 1. The Bertz CT molecular complexity index is 418. The summed E-state index contributed by atoms with van der Waals surface area (Å²) >= 11 is 0. The maximum atomic E-state index is 10.3. The molecule has 1 fully saturated rings. The summed E-state index contributed by atoms with van der Waals surface area (Å²) in [4.78, 5) is 2.36. The van der Waals surface area contributed by atoms with Crippen LogP contribution in [0, 0.1) is 12.3 Å². The number of hydrogen-bond acceptors (Lipinski definition) is 3. The minimum atomic E-state index is -0.373. The summed E-state index contributed by atoms with van der Waals surface area (Å²) in [6.45, 7) is 6.87. The second kappa shape index (κ2) is 6.70. The Balaban J connectivity index is 2.04. The molecule has 0 spiro atoms. The predicted octanol–water partition coefficient (Wildman–Crippen LogP) is 2.34. The summed E-state index contributed by atoms with van der Waals surface area (Å²) in [6, 6.07) is 8.61. The first-order valence-electron chi connectivity index (χ1n) is 7.66. The number of likely N-dealkylation sites (tertiary alicyclic amines) is 1. The van der Waals surface area contributed by atoms with Crippen molar-refractivity contribution in [1.29, 1.82) is 0 Å². The van der Waals surface area contributed by atoms with Crippen LogP contribution in [0.15, 0.2) is 24.3 Å². The molecule has 0 aliphatic carbocycles. The summed E-state index contributed by atoms with van der Waals surface area (Å²) in [5.74, 6) is 0. The van der Waals surface area contributed by atoms with Gasteiger partial charge in [-0.25, -0.2) is 0 Å². The van der Waals surface area contributed by atoms with Crippen LogP contribution in [-0.2, 0) is 6.54 Å². The Morgan fingerprint density at radius 1 is 1.30 bits per heavy atom. The molecule has 1 aliphatic heterocycles. The second-order valence-electron chi connectivity index (χ2n) is 6.27. The second-order valence-corrected chi connectivity index (χ2v) is 6.27. The Hall–Kier alpha value is -0.900. The molecular formula is C17H27NO2. The number of aryl methyl sites for hydroxylation is 1. The van der Waals surface area contributed by atoms with Crippen molar-refractivity contribution >= 4 is 0 Å². The van der Waals surface area contributed by atoms with Crippen molar-refractivity contribution in [2.45, 2.75) is 45.8 Å². The van der Waals surface area contributed by atoms with Crippen molar-refractivity contribution in [3.8, 4) is 0 Å². The predicted molar refractivity (Wildman–Crippen MR) is 81.5 cm³/mol. The zero-order valence-electron chi connectivity index (χ0n) is 12.7. The monoisotopic (exact) mass is 277 g/mol. The number of benzene rings is 1. The van der Waals surface area contributed by atoms with Crippen molar-refractivity contribution in [3.05, 3.63) is 35.4 Å². The summed E-state index contributed by atoms with van der Waals surface area (Å²) in [5, 5.41) is 20.1. The average molecular weight is 277 g/mol. The fraction of sp³-hybridized carbons (Fsp3) is 0.647. The van der Waals surface area contributed by atoms with Gasteiger partial charge in [0, 0.05) is 25.0 Å². The van der Waals surface area contributed by atoms with Crippen molar-refractivity contribution in [1.82, 2.24) is 4.90 Å². The molecule has 0 amide bonds. The molecule has 2 atom stereocenters. The molecule has 0 bridgehead atoms. The number of aliphatic hydroxyl groups is 2. The first kappa shape index (κ1) is 15.5. The molecule has 1 aromatic rings. The highest BCUT2D eigenvalue weighted by Crippen LogP contribution is 2.35. The third kappa shape index (κ3) is 3.40. The zero-order valence-corrected chi connectivity index (χ0v) is 12.7. The Morgan fingerprint density at radius 3 is 2.60 bits per heavy atom. The number of hydrogen-bond donors (Lipinski definition) is 2. The van der Waals surface area contributed by atoms with E-state index in [2.05, 4.69) is 43.0 Å². The highest BCUT2D eigenvalue weighted by Gasteiger charge is 2.41. The van der Waals surface area contributed by atoms with Gasteiger partial charge in [0.15, 0.2) is 0 Å². The standard InChI is InChI=1S/C17H27NO2/c1-3-9-17(13-19)12-18(10-8-16(17)20)11-15-6-4-14(2)5-7-15/h4-7,16,19-20H,3,8-13H2,1-2H3/t16-,17-/m0/s1. The molecule has 2 N–H and O–H groups in total. The van der Waals surface area contributed by atoms with Gasteiger partial charge < -0.3 is 10.2 Å². The topological polar surface area (TPSA) is 43.7 Å². The maximum Gasteiger partial charge on any atom is 0.0642 e. The molecule has 0 saturated carbocycles. The average Bonchev–Trinajstić information content (AvgIpc) is 2.45. The van der Waals surface area contributed by atoms with E-state index >= 15 is 0 Å². The third-order valence-electron chi connectivity index (χ3n) is 4.55. The molecule has 112 valence electrons.